The van der Waals surface area contributed by atoms with E-state index in [-0.39, 0.29) is 22.6 Å². The Morgan fingerprint density at radius 3 is 2.44 bits per heavy atom. The average molecular weight is 465 g/mol. The Hall–Kier alpha value is -4.20. The standard InChI is InChI=1S/C26H21F2NO5/c1-3-34-21-10-7-16(11-14(21)2)24(31)22-23(15-5-4-6-18(30)12-15)29(26(33)25(22)32)17-8-9-19(27)20(28)13-17/h4-13,23,30-31H,3H2,1-2H3/b24-22+. The number of phenolic OH excluding ortho intramolecular Hbond substituents is 1. The second-order valence-corrected chi connectivity index (χ2v) is 7.78. The maximum atomic E-state index is 14.0. The summed E-state index contributed by atoms with van der Waals surface area (Å²) in [5.74, 6) is -4.31. The summed E-state index contributed by atoms with van der Waals surface area (Å²) in [7, 11) is 0. The topological polar surface area (TPSA) is 87.1 Å². The number of hydrogen-bond donors (Lipinski definition) is 2. The largest absolute Gasteiger partial charge is 0.508 e. The van der Waals surface area contributed by atoms with Crippen molar-refractivity contribution in [2.24, 2.45) is 0 Å². The highest BCUT2D eigenvalue weighted by molar-refractivity contribution is 6.51. The number of rotatable bonds is 5. The molecule has 3 aromatic carbocycles. The third-order valence-corrected chi connectivity index (χ3v) is 5.56. The van der Waals surface area contributed by atoms with E-state index in [1.807, 2.05) is 6.92 Å². The molecule has 34 heavy (non-hydrogen) atoms. The van der Waals surface area contributed by atoms with Crippen LogP contribution in [0.1, 0.15) is 29.7 Å². The molecule has 0 aromatic heterocycles. The van der Waals surface area contributed by atoms with E-state index in [1.165, 1.54) is 24.3 Å². The van der Waals surface area contributed by atoms with Crippen LogP contribution in [-0.4, -0.2) is 28.5 Å². The van der Waals surface area contributed by atoms with Crippen molar-refractivity contribution < 1.29 is 33.3 Å². The molecule has 0 saturated carbocycles. The van der Waals surface area contributed by atoms with Gasteiger partial charge in [0.2, 0.25) is 0 Å². The van der Waals surface area contributed by atoms with Gasteiger partial charge in [-0.15, -0.1) is 0 Å². The summed E-state index contributed by atoms with van der Waals surface area (Å²) in [6.07, 6.45) is 0. The molecule has 1 atom stereocenters. The molecule has 1 amide bonds. The molecule has 0 radical (unpaired) electrons. The Morgan fingerprint density at radius 2 is 1.79 bits per heavy atom. The van der Waals surface area contributed by atoms with Crippen LogP contribution >= 0.6 is 0 Å². The lowest BCUT2D eigenvalue weighted by Gasteiger charge is -2.25. The van der Waals surface area contributed by atoms with Crippen LogP contribution in [0.2, 0.25) is 0 Å². The summed E-state index contributed by atoms with van der Waals surface area (Å²) in [6, 6.07) is 12.2. The molecule has 174 valence electrons. The average Bonchev–Trinajstić information content (AvgIpc) is 3.07. The minimum absolute atomic E-state index is 0.0729. The van der Waals surface area contributed by atoms with Gasteiger partial charge in [-0.2, -0.15) is 0 Å². The smallest absolute Gasteiger partial charge is 0.300 e. The van der Waals surface area contributed by atoms with E-state index in [9.17, 15) is 28.6 Å². The molecule has 0 spiro atoms. The predicted octanol–water partition coefficient (Wildman–Crippen LogP) is 5.00. The number of Topliss-reactive ketones (excluding diaryl/α,β-unsaturated/α-hetero) is 1. The van der Waals surface area contributed by atoms with Gasteiger partial charge in [0, 0.05) is 17.3 Å². The summed E-state index contributed by atoms with van der Waals surface area (Å²) >= 11 is 0. The summed E-state index contributed by atoms with van der Waals surface area (Å²) in [6.45, 7) is 4.06. The van der Waals surface area contributed by atoms with Gasteiger partial charge in [-0.05, 0) is 67.4 Å². The van der Waals surface area contributed by atoms with E-state index < -0.39 is 35.1 Å². The van der Waals surface area contributed by atoms with Gasteiger partial charge in [0.15, 0.2) is 11.6 Å². The molecule has 1 aliphatic heterocycles. The van der Waals surface area contributed by atoms with Crippen molar-refractivity contribution in [3.05, 3.63) is 94.6 Å². The third-order valence-electron chi connectivity index (χ3n) is 5.56. The van der Waals surface area contributed by atoms with E-state index in [0.29, 0.717) is 23.5 Å². The minimum Gasteiger partial charge on any atom is -0.508 e. The highest BCUT2D eigenvalue weighted by atomic mass is 19.2. The van der Waals surface area contributed by atoms with Crippen molar-refractivity contribution in [1.29, 1.82) is 0 Å². The van der Waals surface area contributed by atoms with Gasteiger partial charge in [-0.1, -0.05) is 12.1 Å². The van der Waals surface area contributed by atoms with E-state index in [1.54, 1.807) is 31.2 Å². The van der Waals surface area contributed by atoms with Gasteiger partial charge < -0.3 is 14.9 Å². The molecule has 0 bridgehead atoms. The highest BCUT2D eigenvalue weighted by Gasteiger charge is 2.47. The second-order valence-electron chi connectivity index (χ2n) is 7.78. The van der Waals surface area contributed by atoms with E-state index in [4.69, 9.17) is 4.74 Å². The van der Waals surface area contributed by atoms with Crippen molar-refractivity contribution in [2.45, 2.75) is 19.9 Å². The van der Waals surface area contributed by atoms with E-state index in [0.717, 1.165) is 17.0 Å². The molecule has 2 N–H and O–H groups in total. The van der Waals surface area contributed by atoms with Crippen LogP contribution in [-0.2, 0) is 9.59 Å². The molecule has 1 unspecified atom stereocenters. The van der Waals surface area contributed by atoms with E-state index in [2.05, 4.69) is 0 Å². The number of aliphatic hydroxyl groups is 1. The maximum Gasteiger partial charge on any atom is 0.300 e. The number of phenols is 1. The first kappa shape index (κ1) is 23.0. The minimum atomic E-state index is -1.20. The normalized spacial score (nSPS) is 17.3. The lowest BCUT2D eigenvalue weighted by atomic mass is 9.94. The van der Waals surface area contributed by atoms with Gasteiger partial charge >= 0.3 is 0 Å². The molecular formula is C26H21F2NO5. The van der Waals surface area contributed by atoms with Crippen LogP contribution in [0.5, 0.6) is 11.5 Å². The molecule has 8 heteroatoms. The summed E-state index contributed by atoms with van der Waals surface area (Å²) < 4.78 is 33.1. The molecule has 3 aromatic rings. The lowest BCUT2D eigenvalue weighted by molar-refractivity contribution is -0.132. The summed E-state index contributed by atoms with van der Waals surface area (Å²) in [5.41, 5.74) is 0.956. The molecule has 0 aliphatic carbocycles. The molecule has 6 nitrogen and oxygen atoms in total. The Labute approximate surface area is 194 Å². The van der Waals surface area contributed by atoms with Crippen LogP contribution in [0.25, 0.3) is 5.76 Å². The first-order chi connectivity index (χ1) is 16.2. The zero-order valence-corrected chi connectivity index (χ0v) is 18.4. The zero-order chi connectivity index (χ0) is 24.6. The van der Waals surface area contributed by atoms with Crippen LogP contribution in [0, 0.1) is 18.6 Å². The highest BCUT2D eigenvalue weighted by Crippen LogP contribution is 2.43. The Kier molecular flexibility index (Phi) is 6.06. The van der Waals surface area contributed by atoms with Crippen molar-refractivity contribution in [3.63, 3.8) is 0 Å². The fourth-order valence-corrected chi connectivity index (χ4v) is 4.01. The number of amides is 1. The van der Waals surface area contributed by atoms with Crippen LogP contribution in [0.3, 0.4) is 0 Å². The predicted molar refractivity (Wildman–Crippen MR) is 122 cm³/mol. The first-order valence-corrected chi connectivity index (χ1v) is 10.5. The number of ketones is 1. The number of carbonyl (C=O) groups excluding carboxylic acids is 2. The van der Waals surface area contributed by atoms with Crippen molar-refractivity contribution >= 4 is 23.1 Å². The van der Waals surface area contributed by atoms with Gasteiger partial charge in [0.05, 0.1) is 18.2 Å². The molecular weight excluding hydrogens is 444 g/mol. The quantitative estimate of drug-likeness (QED) is 0.315. The monoisotopic (exact) mass is 465 g/mol. The number of aliphatic hydroxyl groups excluding tert-OH is 1. The van der Waals surface area contributed by atoms with Gasteiger partial charge in [-0.25, -0.2) is 8.78 Å². The lowest BCUT2D eigenvalue weighted by Crippen LogP contribution is -2.29. The van der Waals surface area contributed by atoms with Gasteiger partial charge in [0.25, 0.3) is 11.7 Å². The van der Waals surface area contributed by atoms with Crippen molar-refractivity contribution in [3.8, 4) is 11.5 Å². The van der Waals surface area contributed by atoms with Crippen LogP contribution in [0.15, 0.2) is 66.2 Å². The molecule has 1 aliphatic rings. The number of halogens is 2. The number of anilines is 1. The second kappa shape index (κ2) is 8.97. The van der Waals surface area contributed by atoms with Crippen LogP contribution < -0.4 is 9.64 Å². The zero-order valence-electron chi connectivity index (χ0n) is 18.4. The third kappa shape index (κ3) is 3.98. The Balaban J connectivity index is 1.93. The number of aromatic hydroxyl groups is 1. The number of nitrogens with zero attached hydrogens (tertiary/aromatic N) is 1. The summed E-state index contributed by atoms with van der Waals surface area (Å²) in [4.78, 5) is 27.1. The molecule has 1 saturated heterocycles. The number of ether oxygens (including phenoxy) is 1. The molecule has 1 fully saturated rings. The first-order valence-electron chi connectivity index (χ1n) is 10.5. The van der Waals surface area contributed by atoms with Gasteiger partial charge in [0.1, 0.15) is 17.3 Å². The Bertz CT molecular complexity index is 1330. The summed E-state index contributed by atoms with van der Waals surface area (Å²) in [5, 5.41) is 21.2. The number of carbonyl (C=O) groups is 2. The fourth-order valence-electron chi connectivity index (χ4n) is 4.01. The molecule has 1 heterocycles. The van der Waals surface area contributed by atoms with Gasteiger partial charge in [-0.3, -0.25) is 14.5 Å². The number of benzene rings is 3. The fraction of sp³-hybridized carbons (Fsp3) is 0.154. The van der Waals surface area contributed by atoms with Crippen molar-refractivity contribution in [2.75, 3.05) is 11.5 Å². The van der Waals surface area contributed by atoms with Crippen molar-refractivity contribution in [1.82, 2.24) is 0 Å². The van der Waals surface area contributed by atoms with E-state index >= 15 is 0 Å². The SMILES string of the molecule is CCOc1ccc(/C(O)=C2\C(=O)C(=O)N(c3ccc(F)c(F)c3)C2c2cccc(O)c2)cc1C. The maximum absolute atomic E-state index is 14.0. The number of aryl methyl sites for hydroxylation is 1. The Morgan fingerprint density at radius 1 is 1.03 bits per heavy atom. The van der Waals surface area contributed by atoms with Crippen LogP contribution in [0.4, 0.5) is 14.5 Å². The molecule has 4 rings (SSSR count). The number of hydrogen-bond acceptors (Lipinski definition) is 5.